The SMILES string of the molecule is O=C(CCCS(=O)(=O)c1ccc(F)cc1)Nc1cccc2ccccc12. The van der Waals surface area contributed by atoms with Crippen molar-refractivity contribution in [3.05, 3.63) is 72.5 Å². The van der Waals surface area contributed by atoms with E-state index in [4.69, 9.17) is 0 Å². The zero-order chi connectivity index (χ0) is 18.6. The molecule has 0 saturated heterocycles. The van der Waals surface area contributed by atoms with Crippen LogP contribution in [0.15, 0.2) is 71.6 Å². The lowest BCUT2D eigenvalue weighted by Crippen LogP contribution is -2.14. The summed E-state index contributed by atoms with van der Waals surface area (Å²) < 4.78 is 37.3. The Balaban J connectivity index is 1.60. The van der Waals surface area contributed by atoms with Gasteiger partial charge in [0.1, 0.15) is 5.82 Å². The van der Waals surface area contributed by atoms with E-state index in [9.17, 15) is 17.6 Å². The van der Waals surface area contributed by atoms with Gasteiger partial charge in [-0.25, -0.2) is 12.8 Å². The normalized spacial score (nSPS) is 11.4. The summed E-state index contributed by atoms with van der Waals surface area (Å²) in [6.07, 6.45) is 0.278. The Morgan fingerprint density at radius 1 is 0.923 bits per heavy atom. The van der Waals surface area contributed by atoms with Gasteiger partial charge < -0.3 is 5.32 Å². The Kier molecular flexibility index (Phi) is 5.32. The molecule has 0 aromatic heterocycles. The summed E-state index contributed by atoms with van der Waals surface area (Å²) in [5.74, 6) is -0.893. The number of hydrogen-bond donors (Lipinski definition) is 1. The third kappa shape index (κ3) is 4.26. The zero-order valence-electron chi connectivity index (χ0n) is 14.0. The first-order chi connectivity index (χ1) is 12.5. The van der Waals surface area contributed by atoms with E-state index in [1.54, 1.807) is 0 Å². The molecule has 3 aromatic carbocycles. The van der Waals surface area contributed by atoms with E-state index >= 15 is 0 Å². The first kappa shape index (κ1) is 18.1. The number of amides is 1. The average Bonchev–Trinajstić information content (AvgIpc) is 2.62. The Morgan fingerprint density at radius 2 is 1.62 bits per heavy atom. The maximum Gasteiger partial charge on any atom is 0.224 e. The van der Waals surface area contributed by atoms with Crippen LogP contribution in [0.4, 0.5) is 10.1 Å². The highest BCUT2D eigenvalue weighted by Gasteiger charge is 2.15. The molecule has 0 aliphatic carbocycles. The van der Waals surface area contributed by atoms with Gasteiger partial charge in [-0.1, -0.05) is 36.4 Å². The van der Waals surface area contributed by atoms with E-state index < -0.39 is 15.7 Å². The minimum absolute atomic E-state index is 0.0633. The average molecular weight is 371 g/mol. The van der Waals surface area contributed by atoms with Crippen molar-refractivity contribution in [1.82, 2.24) is 0 Å². The van der Waals surface area contributed by atoms with Crippen molar-refractivity contribution in [3.63, 3.8) is 0 Å². The molecule has 1 N–H and O–H groups in total. The standard InChI is InChI=1S/C20H18FNO3S/c21-16-10-12-17(13-11-16)26(24,25)14-4-9-20(23)22-19-8-3-6-15-5-1-2-7-18(15)19/h1-3,5-8,10-13H,4,9,14H2,(H,22,23). The lowest BCUT2D eigenvalue weighted by Gasteiger charge is -2.09. The van der Waals surface area contributed by atoms with Gasteiger partial charge in [-0.3, -0.25) is 4.79 Å². The number of carbonyl (C=O) groups is 1. The van der Waals surface area contributed by atoms with Crippen LogP contribution in [0.3, 0.4) is 0 Å². The van der Waals surface area contributed by atoms with Crippen LogP contribution in [-0.2, 0) is 14.6 Å². The Hall–Kier alpha value is -2.73. The number of sulfone groups is 1. The first-order valence-electron chi connectivity index (χ1n) is 8.22. The molecule has 1 amide bonds. The van der Waals surface area contributed by atoms with Gasteiger partial charge >= 0.3 is 0 Å². The topological polar surface area (TPSA) is 63.2 Å². The molecule has 0 unspecified atom stereocenters. The van der Waals surface area contributed by atoms with E-state index in [0.717, 1.165) is 22.9 Å². The Labute approximate surface area is 151 Å². The fourth-order valence-electron chi connectivity index (χ4n) is 2.73. The minimum atomic E-state index is -3.53. The molecule has 0 aliphatic heterocycles. The van der Waals surface area contributed by atoms with E-state index in [0.29, 0.717) is 5.69 Å². The predicted molar refractivity (Wildman–Crippen MR) is 100 cm³/mol. The van der Waals surface area contributed by atoms with Gasteiger partial charge in [-0.05, 0) is 42.1 Å². The van der Waals surface area contributed by atoms with Gasteiger partial charge in [0.15, 0.2) is 9.84 Å². The van der Waals surface area contributed by atoms with E-state index in [-0.39, 0.29) is 29.4 Å². The monoisotopic (exact) mass is 371 g/mol. The van der Waals surface area contributed by atoms with Crippen molar-refractivity contribution in [2.75, 3.05) is 11.1 Å². The van der Waals surface area contributed by atoms with Crippen LogP contribution >= 0.6 is 0 Å². The van der Waals surface area contributed by atoms with E-state index in [2.05, 4.69) is 5.32 Å². The van der Waals surface area contributed by atoms with Gasteiger partial charge in [-0.15, -0.1) is 0 Å². The summed E-state index contributed by atoms with van der Waals surface area (Å²) in [7, 11) is -3.53. The molecule has 0 fully saturated rings. The van der Waals surface area contributed by atoms with Crippen LogP contribution in [0.25, 0.3) is 10.8 Å². The second-order valence-corrected chi connectivity index (χ2v) is 8.06. The zero-order valence-corrected chi connectivity index (χ0v) is 14.8. The molecule has 0 heterocycles. The van der Waals surface area contributed by atoms with Crippen LogP contribution in [0.5, 0.6) is 0 Å². The Bertz CT molecular complexity index is 1030. The van der Waals surface area contributed by atoms with E-state index in [1.807, 2.05) is 42.5 Å². The number of carbonyl (C=O) groups excluding carboxylic acids is 1. The number of halogens is 1. The van der Waals surface area contributed by atoms with Gasteiger partial charge in [0.2, 0.25) is 5.91 Å². The molecule has 6 heteroatoms. The van der Waals surface area contributed by atoms with Crippen molar-refractivity contribution in [3.8, 4) is 0 Å². The highest BCUT2D eigenvalue weighted by Crippen LogP contribution is 2.23. The molecule has 26 heavy (non-hydrogen) atoms. The first-order valence-corrected chi connectivity index (χ1v) is 9.87. The quantitative estimate of drug-likeness (QED) is 0.662. The molecule has 0 bridgehead atoms. The van der Waals surface area contributed by atoms with Crippen molar-refractivity contribution < 1.29 is 17.6 Å². The largest absolute Gasteiger partial charge is 0.326 e. The minimum Gasteiger partial charge on any atom is -0.326 e. The van der Waals surface area contributed by atoms with Crippen LogP contribution in [-0.4, -0.2) is 20.1 Å². The predicted octanol–water partition coefficient (Wildman–Crippen LogP) is 4.17. The highest BCUT2D eigenvalue weighted by molar-refractivity contribution is 7.91. The fraction of sp³-hybridized carbons (Fsp3) is 0.150. The van der Waals surface area contributed by atoms with Crippen molar-refractivity contribution in [2.45, 2.75) is 17.7 Å². The van der Waals surface area contributed by atoms with E-state index in [1.165, 1.54) is 12.1 Å². The van der Waals surface area contributed by atoms with Crippen molar-refractivity contribution in [2.24, 2.45) is 0 Å². The number of rotatable bonds is 6. The van der Waals surface area contributed by atoms with Crippen LogP contribution in [0.1, 0.15) is 12.8 Å². The molecule has 0 aliphatic rings. The molecular formula is C20H18FNO3S. The third-order valence-electron chi connectivity index (χ3n) is 4.05. The molecule has 3 rings (SSSR count). The lowest BCUT2D eigenvalue weighted by atomic mass is 10.1. The molecule has 4 nitrogen and oxygen atoms in total. The summed E-state index contributed by atoms with van der Waals surface area (Å²) in [6, 6.07) is 18.0. The number of anilines is 1. The summed E-state index contributed by atoms with van der Waals surface area (Å²) in [4.78, 5) is 12.2. The molecular weight excluding hydrogens is 353 g/mol. The van der Waals surface area contributed by atoms with Gasteiger partial charge in [0, 0.05) is 17.5 Å². The second-order valence-electron chi connectivity index (χ2n) is 5.95. The second kappa shape index (κ2) is 7.66. The van der Waals surface area contributed by atoms with Crippen LogP contribution in [0, 0.1) is 5.82 Å². The van der Waals surface area contributed by atoms with Gasteiger partial charge in [-0.2, -0.15) is 0 Å². The smallest absolute Gasteiger partial charge is 0.224 e. The molecule has 0 spiro atoms. The summed E-state index contributed by atoms with van der Waals surface area (Å²) in [5, 5.41) is 4.79. The van der Waals surface area contributed by atoms with Gasteiger partial charge in [0.05, 0.1) is 10.6 Å². The van der Waals surface area contributed by atoms with Crippen molar-refractivity contribution >= 4 is 32.2 Å². The van der Waals surface area contributed by atoms with Crippen LogP contribution < -0.4 is 5.32 Å². The highest BCUT2D eigenvalue weighted by atomic mass is 32.2. The lowest BCUT2D eigenvalue weighted by molar-refractivity contribution is -0.116. The summed E-state index contributed by atoms with van der Waals surface area (Å²) in [5.41, 5.74) is 0.703. The van der Waals surface area contributed by atoms with Crippen LogP contribution in [0.2, 0.25) is 0 Å². The van der Waals surface area contributed by atoms with Crippen molar-refractivity contribution in [1.29, 1.82) is 0 Å². The summed E-state index contributed by atoms with van der Waals surface area (Å²) in [6.45, 7) is 0. The maximum absolute atomic E-state index is 12.9. The fourth-order valence-corrected chi connectivity index (χ4v) is 4.04. The molecule has 0 atom stereocenters. The maximum atomic E-state index is 12.9. The number of fused-ring (bicyclic) bond motifs is 1. The third-order valence-corrected chi connectivity index (χ3v) is 5.87. The number of nitrogens with one attached hydrogen (secondary N) is 1. The summed E-state index contributed by atoms with van der Waals surface area (Å²) >= 11 is 0. The number of hydrogen-bond acceptors (Lipinski definition) is 3. The Morgan fingerprint density at radius 3 is 2.38 bits per heavy atom. The van der Waals surface area contributed by atoms with Gasteiger partial charge in [0.25, 0.3) is 0 Å². The molecule has 3 aromatic rings. The molecule has 0 radical (unpaired) electrons. The molecule has 0 saturated carbocycles. The molecule has 134 valence electrons. The number of benzene rings is 3.